The molecule has 4 aromatic heterocycles. The Balaban J connectivity index is 0.00000106. The van der Waals surface area contributed by atoms with Gasteiger partial charge in [-0.25, -0.2) is 14.5 Å². The molecule has 5 heterocycles. The van der Waals surface area contributed by atoms with Crippen molar-refractivity contribution in [3.05, 3.63) is 60.1 Å². The number of rotatable bonds is 2. The van der Waals surface area contributed by atoms with Gasteiger partial charge in [-0.15, -0.1) is 0 Å². The van der Waals surface area contributed by atoms with Gasteiger partial charge in [0, 0.05) is 42.5 Å². The van der Waals surface area contributed by atoms with E-state index < -0.39 is 0 Å². The Morgan fingerprint density at radius 2 is 2.03 bits per heavy atom. The summed E-state index contributed by atoms with van der Waals surface area (Å²) in [7, 11) is 0. The van der Waals surface area contributed by atoms with Gasteiger partial charge in [-0.2, -0.15) is 10.1 Å². The van der Waals surface area contributed by atoms with Crippen molar-refractivity contribution >= 4 is 22.6 Å². The first-order valence-electron chi connectivity index (χ1n) is 10.4. The number of hydrogen-bond donors (Lipinski definition) is 0. The highest BCUT2D eigenvalue weighted by Crippen LogP contribution is 2.28. The number of pyridine rings is 2. The molecule has 8 heteroatoms. The Kier molecular flexibility index (Phi) is 5.65. The van der Waals surface area contributed by atoms with Crippen molar-refractivity contribution in [2.45, 2.75) is 39.5 Å². The van der Waals surface area contributed by atoms with E-state index in [2.05, 4.69) is 25.0 Å². The first-order valence-corrected chi connectivity index (χ1v) is 10.4. The number of nitrogens with zero attached hydrogens (tertiary/aromatic N) is 7. The molecular weight excluding hydrogens is 378 g/mol. The van der Waals surface area contributed by atoms with Crippen molar-refractivity contribution in [2.24, 2.45) is 0 Å². The fourth-order valence-corrected chi connectivity index (χ4v) is 3.90. The fourth-order valence-electron chi connectivity index (χ4n) is 3.90. The van der Waals surface area contributed by atoms with E-state index in [0.29, 0.717) is 18.0 Å². The lowest BCUT2D eigenvalue weighted by atomic mass is 9.94. The van der Waals surface area contributed by atoms with E-state index in [1.165, 1.54) is 6.33 Å². The standard InChI is InChI=1S/C20H19N7O.C2H6/c1-13-9-18(27-20(24-13)22-12-23-27)15-3-2-8-26(11-15)19(28)17-5-4-14-10-21-7-6-16(14)25-17;1-2/h4-7,9-10,12,15H,2-3,8,11H2,1H3;1-2H3. The van der Waals surface area contributed by atoms with Crippen molar-refractivity contribution in [1.29, 1.82) is 0 Å². The van der Waals surface area contributed by atoms with Crippen LogP contribution >= 0.6 is 0 Å². The first-order chi connectivity index (χ1) is 14.7. The molecular formula is C22H25N7O. The zero-order valence-corrected chi connectivity index (χ0v) is 17.5. The summed E-state index contributed by atoms with van der Waals surface area (Å²) in [4.78, 5) is 32.2. The number of aryl methyl sites for hydroxylation is 1. The Morgan fingerprint density at radius 1 is 1.17 bits per heavy atom. The van der Waals surface area contributed by atoms with E-state index in [0.717, 1.165) is 41.7 Å². The molecule has 1 aliphatic rings. The van der Waals surface area contributed by atoms with Crippen molar-refractivity contribution in [2.75, 3.05) is 13.1 Å². The predicted molar refractivity (Wildman–Crippen MR) is 114 cm³/mol. The van der Waals surface area contributed by atoms with Crippen LogP contribution in [-0.2, 0) is 0 Å². The third-order valence-electron chi connectivity index (χ3n) is 5.24. The normalized spacial score (nSPS) is 16.4. The number of aromatic nitrogens is 6. The molecule has 5 rings (SSSR count). The summed E-state index contributed by atoms with van der Waals surface area (Å²) in [5.74, 6) is 0.750. The lowest BCUT2D eigenvalue weighted by molar-refractivity contribution is 0.0699. The monoisotopic (exact) mass is 403 g/mol. The molecule has 0 N–H and O–H groups in total. The Morgan fingerprint density at radius 3 is 2.90 bits per heavy atom. The second-order valence-electron chi connectivity index (χ2n) is 7.15. The van der Waals surface area contributed by atoms with Crippen LogP contribution in [0.3, 0.4) is 0 Å². The lowest BCUT2D eigenvalue weighted by Gasteiger charge is -2.32. The second-order valence-corrected chi connectivity index (χ2v) is 7.15. The van der Waals surface area contributed by atoms with Gasteiger partial charge < -0.3 is 4.90 Å². The van der Waals surface area contributed by atoms with Crippen LogP contribution in [0.25, 0.3) is 16.7 Å². The molecule has 0 saturated carbocycles. The maximum absolute atomic E-state index is 13.1. The van der Waals surface area contributed by atoms with Gasteiger partial charge in [-0.1, -0.05) is 13.8 Å². The Hall–Kier alpha value is -3.42. The molecule has 30 heavy (non-hydrogen) atoms. The highest BCUT2D eigenvalue weighted by atomic mass is 16.2. The van der Waals surface area contributed by atoms with E-state index in [1.54, 1.807) is 23.0 Å². The van der Waals surface area contributed by atoms with Gasteiger partial charge in [0.1, 0.15) is 12.0 Å². The van der Waals surface area contributed by atoms with Crippen molar-refractivity contribution in [3.8, 4) is 0 Å². The second kappa shape index (κ2) is 8.52. The summed E-state index contributed by atoms with van der Waals surface area (Å²) in [6.45, 7) is 7.32. The molecule has 1 saturated heterocycles. The van der Waals surface area contributed by atoms with Gasteiger partial charge >= 0.3 is 0 Å². The molecule has 4 aromatic rings. The minimum Gasteiger partial charge on any atom is -0.337 e. The number of piperidine rings is 1. The molecule has 0 bridgehead atoms. The van der Waals surface area contributed by atoms with Gasteiger partial charge in [-0.3, -0.25) is 9.78 Å². The van der Waals surface area contributed by atoms with Crippen molar-refractivity contribution in [3.63, 3.8) is 0 Å². The van der Waals surface area contributed by atoms with E-state index in [1.807, 2.05) is 43.9 Å². The highest BCUT2D eigenvalue weighted by molar-refractivity contribution is 5.94. The summed E-state index contributed by atoms with van der Waals surface area (Å²) in [6.07, 6.45) is 6.90. The summed E-state index contributed by atoms with van der Waals surface area (Å²) in [5.41, 5.74) is 3.21. The number of likely N-dealkylation sites (tertiary alicyclic amines) is 1. The average molecular weight is 403 g/mol. The zero-order chi connectivity index (χ0) is 21.1. The number of carbonyl (C=O) groups is 1. The fraction of sp³-hybridized carbons (Fsp3) is 0.364. The van der Waals surface area contributed by atoms with E-state index in [-0.39, 0.29) is 11.8 Å². The van der Waals surface area contributed by atoms with Crippen molar-refractivity contribution in [1.82, 2.24) is 34.4 Å². The van der Waals surface area contributed by atoms with Crippen LogP contribution in [0, 0.1) is 6.92 Å². The smallest absolute Gasteiger partial charge is 0.272 e. The SMILES string of the molecule is CC.Cc1cc(C2CCCN(C(=O)c3ccc4cnccc4n3)C2)n2ncnc2n1. The van der Waals surface area contributed by atoms with Crippen LogP contribution in [0.5, 0.6) is 0 Å². The minimum atomic E-state index is -0.0379. The molecule has 0 aliphatic carbocycles. The molecule has 1 atom stereocenters. The van der Waals surface area contributed by atoms with Crippen LogP contribution in [0.1, 0.15) is 54.5 Å². The molecule has 1 amide bonds. The Bertz CT molecular complexity index is 1190. The van der Waals surface area contributed by atoms with Crippen LogP contribution in [0.4, 0.5) is 0 Å². The molecule has 0 radical (unpaired) electrons. The Labute approximate surface area is 175 Å². The largest absolute Gasteiger partial charge is 0.337 e. The van der Waals surface area contributed by atoms with E-state index >= 15 is 0 Å². The summed E-state index contributed by atoms with van der Waals surface area (Å²) in [6, 6.07) is 7.55. The molecule has 0 spiro atoms. The molecule has 1 aliphatic heterocycles. The van der Waals surface area contributed by atoms with E-state index in [9.17, 15) is 4.79 Å². The molecule has 154 valence electrons. The van der Waals surface area contributed by atoms with E-state index in [4.69, 9.17) is 0 Å². The molecule has 1 fully saturated rings. The van der Waals surface area contributed by atoms with Crippen LogP contribution in [0.2, 0.25) is 0 Å². The third kappa shape index (κ3) is 3.72. The quantitative estimate of drug-likeness (QED) is 0.509. The maximum Gasteiger partial charge on any atom is 0.272 e. The van der Waals surface area contributed by atoms with Gasteiger partial charge in [0.05, 0.1) is 11.2 Å². The van der Waals surface area contributed by atoms with Crippen molar-refractivity contribution < 1.29 is 4.79 Å². The molecule has 1 unspecified atom stereocenters. The first kappa shape index (κ1) is 19.9. The number of amides is 1. The van der Waals surface area contributed by atoms with Gasteiger partial charge in [0.15, 0.2) is 0 Å². The van der Waals surface area contributed by atoms with Crippen LogP contribution in [-0.4, -0.2) is 53.4 Å². The highest BCUT2D eigenvalue weighted by Gasteiger charge is 2.28. The third-order valence-corrected chi connectivity index (χ3v) is 5.24. The lowest BCUT2D eigenvalue weighted by Crippen LogP contribution is -2.40. The number of fused-ring (bicyclic) bond motifs is 2. The zero-order valence-electron chi connectivity index (χ0n) is 17.5. The van der Waals surface area contributed by atoms with Crippen LogP contribution < -0.4 is 0 Å². The maximum atomic E-state index is 13.1. The summed E-state index contributed by atoms with van der Waals surface area (Å²) in [5, 5.41) is 5.25. The molecule has 8 nitrogen and oxygen atoms in total. The number of hydrogen-bond acceptors (Lipinski definition) is 6. The van der Waals surface area contributed by atoms with Gasteiger partial charge in [0.25, 0.3) is 11.7 Å². The average Bonchev–Trinajstić information content (AvgIpc) is 3.27. The molecule has 0 aromatic carbocycles. The summed E-state index contributed by atoms with van der Waals surface area (Å²) < 4.78 is 1.78. The van der Waals surface area contributed by atoms with Crippen LogP contribution in [0.15, 0.2) is 43.0 Å². The van der Waals surface area contributed by atoms with Gasteiger partial charge in [-0.05, 0) is 44.0 Å². The summed E-state index contributed by atoms with van der Waals surface area (Å²) >= 11 is 0. The minimum absolute atomic E-state index is 0.0379. The predicted octanol–water partition coefficient (Wildman–Crippen LogP) is 3.42. The topological polar surface area (TPSA) is 89.2 Å². The van der Waals surface area contributed by atoms with Gasteiger partial charge in [0.2, 0.25) is 0 Å². The number of carbonyl (C=O) groups excluding carboxylic acids is 1.